The Morgan fingerprint density at radius 3 is 2.43 bits per heavy atom. The molecule has 1 aromatic carbocycles. The molecule has 0 aromatic heterocycles. The summed E-state index contributed by atoms with van der Waals surface area (Å²) in [5, 5.41) is 24.0. The second kappa shape index (κ2) is 10.6. The number of rotatable bonds is 7. The molecular weight excluding hydrogens is 458 g/mol. The van der Waals surface area contributed by atoms with Crippen molar-refractivity contribution in [1.82, 2.24) is 5.32 Å². The topological polar surface area (TPSA) is 69.6 Å². The van der Waals surface area contributed by atoms with Crippen LogP contribution in [-0.4, -0.2) is 28.3 Å². The van der Waals surface area contributed by atoms with E-state index in [4.69, 9.17) is 0 Å². The van der Waals surface area contributed by atoms with Gasteiger partial charge in [0.2, 0.25) is 5.91 Å². The Bertz CT molecular complexity index is 935. The molecule has 1 amide bonds. The summed E-state index contributed by atoms with van der Waals surface area (Å²) in [5.41, 5.74) is 1.69. The van der Waals surface area contributed by atoms with E-state index in [1.807, 2.05) is 37.3 Å². The van der Waals surface area contributed by atoms with Crippen LogP contribution in [0, 0.1) is 46.3 Å². The second-order valence-corrected chi connectivity index (χ2v) is 14.0. The van der Waals surface area contributed by atoms with Crippen molar-refractivity contribution in [3.63, 3.8) is 0 Å². The molecule has 0 radical (unpaired) electrons. The molecule has 4 nitrogen and oxygen atoms in total. The monoisotopic (exact) mass is 509 g/mol. The van der Waals surface area contributed by atoms with E-state index in [2.05, 4.69) is 26.1 Å². The molecule has 5 rings (SSSR count). The Kier molecular flexibility index (Phi) is 7.82. The van der Waals surface area contributed by atoms with Gasteiger partial charge in [0.15, 0.2) is 0 Å². The molecule has 4 fully saturated rings. The lowest BCUT2D eigenvalue weighted by molar-refractivity contribution is -0.130. The van der Waals surface area contributed by atoms with Crippen molar-refractivity contribution in [2.75, 3.05) is 0 Å². The highest BCUT2D eigenvalue weighted by atomic mass is 16.3. The molecular formula is C33H51NO3. The fourth-order valence-corrected chi connectivity index (χ4v) is 10.1. The molecule has 4 aliphatic rings. The van der Waals surface area contributed by atoms with Gasteiger partial charge in [-0.1, -0.05) is 51.1 Å². The molecule has 0 bridgehead atoms. The van der Waals surface area contributed by atoms with Crippen LogP contribution in [0.15, 0.2) is 30.3 Å². The Morgan fingerprint density at radius 2 is 1.68 bits per heavy atom. The smallest absolute Gasteiger partial charge is 0.220 e. The largest absolute Gasteiger partial charge is 0.393 e. The summed E-state index contributed by atoms with van der Waals surface area (Å²) in [6.07, 6.45) is 12.0. The predicted molar refractivity (Wildman–Crippen MR) is 149 cm³/mol. The zero-order valence-electron chi connectivity index (χ0n) is 23.7. The Hall–Kier alpha value is -1.39. The van der Waals surface area contributed by atoms with Gasteiger partial charge in [-0.2, -0.15) is 0 Å². The highest BCUT2D eigenvalue weighted by Crippen LogP contribution is 2.68. The van der Waals surface area contributed by atoms with E-state index >= 15 is 0 Å². The summed E-state index contributed by atoms with van der Waals surface area (Å²) in [4.78, 5) is 12.8. The van der Waals surface area contributed by atoms with Crippen LogP contribution in [-0.2, 0) is 4.79 Å². The molecule has 11 atom stereocenters. The van der Waals surface area contributed by atoms with Gasteiger partial charge in [0.05, 0.1) is 18.2 Å². The summed E-state index contributed by atoms with van der Waals surface area (Å²) in [5.74, 6) is 4.56. The first-order valence-electron chi connectivity index (χ1n) is 15.3. The number of nitrogens with one attached hydrogen (secondary N) is 1. The molecule has 4 saturated carbocycles. The molecule has 0 saturated heterocycles. The lowest BCUT2D eigenvalue weighted by Gasteiger charge is -2.61. The van der Waals surface area contributed by atoms with E-state index in [0.29, 0.717) is 29.1 Å². The van der Waals surface area contributed by atoms with Crippen molar-refractivity contribution in [2.45, 2.75) is 117 Å². The Labute approximate surface area is 225 Å². The summed E-state index contributed by atoms with van der Waals surface area (Å²) in [6.45, 7) is 9.45. The van der Waals surface area contributed by atoms with Crippen molar-refractivity contribution < 1.29 is 15.0 Å². The zero-order valence-corrected chi connectivity index (χ0v) is 23.7. The molecule has 37 heavy (non-hydrogen) atoms. The van der Waals surface area contributed by atoms with Crippen LogP contribution in [0.3, 0.4) is 0 Å². The first kappa shape index (κ1) is 27.2. The summed E-state index contributed by atoms with van der Waals surface area (Å²) >= 11 is 0. The lowest BCUT2D eigenvalue weighted by atomic mass is 9.44. The SMILES string of the molecule is CC(CCC(=O)NC(C)C(O)c1ccccc1)C1CCC2C3CCC4CC(O)CCC4(C)C3CCC12C. The molecule has 206 valence electrons. The maximum absolute atomic E-state index is 12.8. The standard InChI is InChI=1S/C33H51NO3/c1-21(10-15-30(36)34-22(2)31(37)23-8-6-5-7-9-23)27-13-14-28-26-12-11-24-20-25(35)16-18-32(24,3)29(26)17-19-33(27,28)4/h5-9,21-22,24-29,31,35,37H,10-20H2,1-4H3,(H,34,36). The average Bonchev–Trinajstić information content (AvgIpc) is 3.25. The molecule has 4 heteroatoms. The van der Waals surface area contributed by atoms with Gasteiger partial charge in [0, 0.05) is 6.42 Å². The number of hydrogen-bond donors (Lipinski definition) is 3. The quantitative estimate of drug-likeness (QED) is 0.385. The van der Waals surface area contributed by atoms with Crippen LogP contribution in [0.5, 0.6) is 0 Å². The van der Waals surface area contributed by atoms with Crippen molar-refractivity contribution in [1.29, 1.82) is 0 Å². The van der Waals surface area contributed by atoms with E-state index in [1.54, 1.807) is 0 Å². The van der Waals surface area contributed by atoms with Crippen LogP contribution in [0.4, 0.5) is 0 Å². The molecule has 0 spiro atoms. The number of amides is 1. The van der Waals surface area contributed by atoms with Gasteiger partial charge in [-0.25, -0.2) is 0 Å². The molecule has 1 aromatic rings. The normalized spacial score (nSPS) is 41.6. The molecule has 4 aliphatic carbocycles. The Morgan fingerprint density at radius 1 is 0.973 bits per heavy atom. The van der Waals surface area contributed by atoms with Gasteiger partial charge in [-0.3, -0.25) is 4.79 Å². The average molecular weight is 510 g/mol. The fourth-order valence-electron chi connectivity index (χ4n) is 10.1. The first-order valence-corrected chi connectivity index (χ1v) is 15.3. The third-order valence-corrected chi connectivity index (χ3v) is 12.2. The second-order valence-electron chi connectivity index (χ2n) is 14.0. The number of hydrogen-bond acceptors (Lipinski definition) is 3. The number of aliphatic hydroxyl groups excluding tert-OH is 2. The highest BCUT2D eigenvalue weighted by Gasteiger charge is 2.60. The highest BCUT2D eigenvalue weighted by molar-refractivity contribution is 5.76. The minimum Gasteiger partial charge on any atom is -0.393 e. The fraction of sp³-hybridized carbons (Fsp3) is 0.788. The van der Waals surface area contributed by atoms with E-state index in [1.165, 1.54) is 44.9 Å². The third-order valence-electron chi connectivity index (χ3n) is 12.2. The van der Waals surface area contributed by atoms with Gasteiger partial charge >= 0.3 is 0 Å². The van der Waals surface area contributed by atoms with Gasteiger partial charge in [0.25, 0.3) is 0 Å². The van der Waals surface area contributed by atoms with E-state index < -0.39 is 6.10 Å². The maximum Gasteiger partial charge on any atom is 0.220 e. The minimum absolute atomic E-state index is 0.0588. The van der Waals surface area contributed by atoms with E-state index in [-0.39, 0.29) is 18.1 Å². The zero-order chi connectivity index (χ0) is 26.4. The number of fused-ring (bicyclic) bond motifs is 5. The number of benzene rings is 1. The first-order chi connectivity index (χ1) is 17.6. The van der Waals surface area contributed by atoms with Crippen molar-refractivity contribution in [3.8, 4) is 0 Å². The molecule has 0 heterocycles. The van der Waals surface area contributed by atoms with Gasteiger partial charge < -0.3 is 15.5 Å². The van der Waals surface area contributed by atoms with Crippen LogP contribution < -0.4 is 5.32 Å². The van der Waals surface area contributed by atoms with Crippen LogP contribution in [0.1, 0.15) is 110 Å². The predicted octanol–water partition coefficient (Wildman–Crippen LogP) is 6.66. The van der Waals surface area contributed by atoms with E-state index in [9.17, 15) is 15.0 Å². The molecule has 0 aliphatic heterocycles. The summed E-state index contributed by atoms with van der Waals surface area (Å²) in [7, 11) is 0. The van der Waals surface area contributed by atoms with E-state index in [0.717, 1.165) is 48.5 Å². The van der Waals surface area contributed by atoms with Crippen molar-refractivity contribution in [3.05, 3.63) is 35.9 Å². The molecule has 11 unspecified atom stereocenters. The minimum atomic E-state index is -0.684. The van der Waals surface area contributed by atoms with Crippen LogP contribution >= 0.6 is 0 Å². The van der Waals surface area contributed by atoms with Gasteiger partial charge in [-0.05, 0) is 123 Å². The van der Waals surface area contributed by atoms with Gasteiger partial charge in [0.1, 0.15) is 0 Å². The summed E-state index contributed by atoms with van der Waals surface area (Å²) < 4.78 is 0. The van der Waals surface area contributed by atoms with Crippen molar-refractivity contribution in [2.24, 2.45) is 46.3 Å². The number of aliphatic hydroxyl groups is 2. The lowest BCUT2D eigenvalue weighted by Crippen LogP contribution is -2.54. The van der Waals surface area contributed by atoms with Gasteiger partial charge in [-0.15, -0.1) is 0 Å². The van der Waals surface area contributed by atoms with Crippen LogP contribution in [0.25, 0.3) is 0 Å². The summed E-state index contributed by atoms with van der Waals surface area (Å²) in [6, 6.07) is 9.30. The number of carbonyl (C=O) groups excluding carboxylic acids is 1. The third kappa shape index (κ3) is 5.02. The maximum atomic E-state index is 12.8. The Balaban J connectivity index is 1.17. The molecule has 3 N–H and O–H groups in total. The van der Waals surface area contributed by atoms with Crippen LogP contribution in [0.2, 0.25) is 0 Å². The van der Waals surface area contributed by atoms with Crippen molar-refractivity contribution >= 4 is 5.91 Å². The number of carbonyl (C=O) groups is 1.